The van der Waals surface area contributed by atoms with Crippen LogP contribution in [0.25, 0.3) is 0 Å². The highest BCUT2D eigenvalue weighted by Gasteiger charge is 2.03. The fraction of sp³-hybridized carbons (Fsp3) is 1.00. The first-order valence-electron chi connectivity index (χ1n) is 4.97. The maximum atomic E-state index is 2.49. The van der Waals surface area contributed by atoms with Gasteiger partial charge in [0.2, 0.25) is 0 Å². The SMILES string of the molecule is CCC(CCI)CCCCCI. The van der Waals surface area contributed by atoms with Crippen molar-refractivity contribution in [3.63, 3.8) is 0 Å². The topological polar surface area (TPSA) is 0 Å². The maximum absolute atomic E-state index is 2.49. The third-order valence-electron chi connectivity index (χ3n) is 2.34. The zero-order valence-electron chi connectivity index (χ0n) is 7.99. The first-order chi connectivity index (χ1) is 5.85. The average Bonchev–Trinajstić information content (AvgIpc) is 2.10. The number of hydrogen-bond donors (Lipinski definition) is 0. The smallest absolute Gasteiger partial charge is 0.000209 e. The fourth-order valence-electron chi connectivity index (χ4n) is 1.41. The van der Waals surface area contributed by atoms with Crippen molar-refractivity contribution in [2.75, 3.05) is 8.86 Å². The largest absolute Gasteiger partial charge is 0.0864 e. The van der Waals surface area contributed by atoms with Crippen LogP contribution in [0.5, 0.6) is 0 Å². The molecule has 0 radical (unpaired) electrons. The van der Waals surface area contributed by atoms with Crippen molar-refractivity contribution in [3.8, 4) is 0 Å². The highest BCUT2D eigenvalue weighted by atomic mass is 127. The van der Waals surface area contributed by atoms with Gasteiger partial charge in [-0.15, -0.1) is 0 Å². The van der Waals surface area contributed by atoms with Crippen molar-refractivity contribution in [2.24, 2.45) is 5.92 Å². The molecule has 0 rings (SSSR count). The normalized spacial score (nSPS) is 13.2. The summed E-state index contributed by atoms with van der Waals surface area (Å²) < 4.78 is 2.67. The summed E-state index contributed by atoms with van der Waals surface area (Å²) in [6, 6.07) is 0. The lowest BCUT2D eigenvalue weighted by Gasteiger charge is -2.12. The van der Waals surface area contributed by atoms with E-state index >= 15 is 0 Å². The number of rotatable bonds is 8. The first kappa shape index (κ1) is 13.5. The molecule has 0 aliphatic heterocycles. The fourth-order valence-corrected chi connectivity index (χ4v) is 2.83. The number of hydrogen-bond acceptors (Lipinski definition) is 0. The molecule has 0 spiro atoms. The summed E-state index contributed by atoms with van der Waals surface area (Å²) in [6.07, 6.45) is 8.60. The second-order valence-corrected chi connectivity index (χ2v) is 5.45. The van der Waals surface area contributed by atoms with Crippen LogP contribution in [0.1, 0.15) is 45.4 Å². The molecule has 12 heavy (non-hydrogen) atoms. The predicted molar refractivity (Wildman–Crippen MR) is 74.6 cm³/mol. The van der Waals surface area contributed by atoms with Crippen molar-refractivity contribution >= 4 is 45.2 Å². The molecule has 0 saturated carbocycles. The average molecular weight is 394 g/mol. The van der Waals surface area contributed by atoms with Crippen molar-refractivity contribution in [3.05, 3.63) is 0 Å². The zero-order valence-corrected chi connectivity index (χ0v) is 12.3. The molecule has 2 heteroatoms. The minimum absolute atomic E-state index is 1.01. The molecule has 0 fully saturated rings. The molecule has 1 unspecified atom stereocenters. The van der Waals surface area contributed by atoms with Crippen molar-refractivity contribution in [1.82, 2.24) is 0 Å². The van der Waals surface area contributed by atoms with Gasteiger partial charge in [-0.1, -0.05) is 77.8 Å². The Kier molecular flexibility index (Phi) is 11.8. The van der Waals surface area contributed by atoms with Gasteiger partial charge in [0, 0.05) is 0 Å². The summed E-state index contributed by atoms with van der Waals surface area (Å²) in [4.78, 5) is 0. The van der Waals surface area contributed by atoms with Gasteiger partial charge in [0.25, 0.3) is 0 Å². The van der Waals surface area contributed by atoms with Crippen LogP contribution in [-0.4, -0.2) is 8.86 Å². The lowest BCUT2D eigenvalue weighted by Crippen LogP contribution is -1.99. The van der Waals surface area contributed by atoms with Gasteiger partial charge in [0.1, 0.15) is 0 Å². The van der Waals surface area contributed by atoms with E-state index in [1.165, 1.54) is 47.4 Å². The van der Waals surface area contributed by atoms with Crippen LogP contribution in [-0.2, 0) is 0 Å². The minimum Gasteiger partial charge on any atom is -0.0864 e. The Balaban J connectivity index is 3.19. The van der Waals surface area contributed by atoms with E-state index in [0.717, 1.165) is 5.92 Å². The van der Waals surface area contributed by atoms with Gasteiger partial charge >= 0.3 is 0 Å². The summed E-state index contributed by atoms with van der Waals surface area (Å²) in [5, 5.41) is 0. The van der Waals surface area contributed by atoms with Gasteiger partial charge in [-0.25, -0.2) is 0 Å². The molecule has 0 aliphatic carbocycles. The lowest BCUT2D eigenvalue weighted by molar-refractivity contribution is 0.438. The van der Waals surface area contributed by atoms with E-state index in [1.807, 2.05) is 0 Å². The predicted octanol–water partition coefficient (Wildman–Crippen LogP) is 4.83. The molecule has 1 atom stereocenters. The molecule has 0 nitrogen and oxygen atoms in total. The summed E-state index contributed by atoms with van der Waals surface area (Å²) in [7, 11) is 0. The quantitative estimate of drug-likeness (QED) is 0.314. The van der Waals surface area contributed by atoms with Crippen molar-refractivity contribution < 1.29 is 0 Å². The van der Waals surface area contributed by atoms with Gasteiger partial charge in [-0.3, -0.25) is 0 Å². The zero-order chi connectivity index (χ0) is 9.23. The van der Waals surface area contributed by atoms with Gasteiger partial charge in [0.15, 0.2) is 0 Å². The Morgan fingerprint density at radius 2 is 1.67 bits per heavy atom. The molecule has 0 bridgehead atoms. The number of alkyl halides is 2. The molecular weight excluding hydrogens is 374 g/mol. The second-order valence-electron chi connectivity index (χ2n) is 3.29. The maximum Gasteiger partial charge on any atom is -0.000209 e. The summed E-state index contributed by atoms with van der Waals surface area (Å²) >= 11 is 4.96. The Labute approximate surface area is 105 Å². The third-order valence-corrected chi connectivity index (χ3v) is 3.73. The van der Waals surface area contributed by atoms with Gasteiger partial charge in [-0.2, -0.15) is 0 Å². The Morgan fingerprint density at radius 1 is 0.917 bits per heavy atom. The van der Waals surface area contributed by atoms with Gasteiger partial charge in [-0.05, 0) is 27.6 Å². The minimum atomic E-state index is 1.01. The molecule has 0 aromatic carbocycles. The first-order valence-corrected chi connectivity index (χ1v) is 8.02. The molecule has 0 N–H and O–H groups in total. The Bertz CT molecular complexity index is 83.9. The molecule has 0 aromatic heterocycles. The monoisotopic (exact) mass is 394 g/mol. The molecule has 0 heterocycles. The van der Waals surface area contributed by atoms with E-state index < -0.39 is 0 Å². The van der Waals surface area contributed by atoms with Crippen LogP contribution in [0.4, 0.5) is 0 Å². The van der Waals surface area contributed by atoms with Crippen molar-refractivity contribution in [2.45, 2.75) is 45.4 Å². The standard InChI is InChI=1S/C10H20I2/c1-2-10(7-9-12)6-4-3-5-8-11/h10H,2-9H2,1H3. The third kappa shape index (κ3) is 8.08. The molecule has 0 aliphatic rings. The van der Waals surface area contributed by atoms with E-state index in [4.69, 9.17) is 0 Å². The van der Waals surface area contributed by atoms with E-state index in [0.29, 0.717) is 0 Å². The van der Waals surface area contributed by atoms with Crippen molar-refractivity contribution in [1.29, 1.82) is 0 Å². The van der Waals surface area contributed by atoms with E-state index in [9.17, 15) is 0 Å². The van der Waals surface area contributed by atoms with Crippen LogP contribution in [0, 0.1) is 5.92 Å². The molecule has 74 valence electrons. The van der Waals surface area contributed by atoms with Gasteiger partial charge in [0.05, 0.1) is 0 Å². The second kappa shape index (κ2) is 10.5. The van der Waals surface area contributed by atoms with E-state index in [2.05, 4.69) is 52.1 Å². The molecule has 0 aromatic rings. The van der Waals surface area contributed by atoms with Crippen LogP contribution >= 0.6 is 45.2 Å². The lowest BCUT2D eigenvalue weighted by atomic mass is 9.96. The molecule has 0 amide bonds. The van der Waals surface area contributed by atoms with Gasteiger partial charge < -0.3 is 0 Å². The van der Waals surface area contributed by atoms with Crippen LogP contribution < -0.4 is 0 Å². The van der Waals surface area contributed by atoms with Crippen LogP contribution in [0.2, 0.25) is 0 Å². The summed E-state index contributed by atoms with van der Waals surface area (Å²) in [6.45, 7) is 2.33. The number of halogens is 2. The van der Waals surface area contributed by atoms with Crippen LogP contribution in [0.3, 0.4) is 0 Å². The summed E-state index contributed by atoms with van der Waals surface area (Å²) in [5.41, 5.74) is 0. The van der Waals surface area contributed by atoms with E-state index in [1.54, 1.807) is 0 Å². The Hall–Kier alpha value is 1.46. The molecular formula is C10H20I2. The van der Waals surface area contributed by atoms with Crippen LogP contribution in [0.15, 0.2) is 0 Å². The Morgan fingerprint density at radius 3 is 2.17 bits per heavy atom. The highest BCUT2D eigenvalue weighted by Crippen LogP contribution is 2.18. The number of unbranched alkanes of at least 4 members (excludes halogenated alkanes) is 2. The highest BCUT2D eigenvalue weighted by molar-refractivity contribution is 14.1. The summed E-state index contributed by atoms with van der Waals surface area (Å²) in [5.74, 6) is 1.01. The molecule has 0 saturated heterocycles. The van der Waals surface area contributed by atoms with E-state index in [-0.39, 0.29) is 0 Å².